The molecule has 0 saturated heterocycles. The summed E-state index contributed by atoms with van der Waals surface area (Å²) in [6, 6.07) is 10.9. The van der Waals surface area contributed by atoms with Gasteiger partial charge in [-0.05, 0) is 23.6 Å². The minimum atomic E-state index is 0.506. The average Bonchev–Trinajstić information content (AvgIpc) is 2.43. The Morgan fingerprint density at radius 3 is 2.60 bits per heavy atom. The molecule has 20 heavy (non-hydrogen) atoms. The number of benzene rings is 1. The van der Waals surface area contributed by atoms with E-state index in [-0.39, 0.29) is 0 Å². The van der Waals surface area contributed by atoms with Gasteiger partial charge in [0.05, 0.1) is 5.52 Å². The third kappa shape index (κ3) is 3.67. The summed E-state index contributed by atoms with van der Waals surface area (Å²) in [4.78, 5) is 4.42. The van der Waals surface area contributed by atoms with Crippen LogP contribution < -0.4 is 5.32 Å². The lowest BCUT2D eigenvalue weighted by molar-refractivity contribution is 0.593. The summed E-state index contributed by atoms with van der Waals surface area (Å²) < 4.78 is 0. The molecular weight excluding hydrogens is 244 g/mol. The summed E-state index contributed by atoms with van der Waals surface area (Å²) >= 11 is 0. The summed E-state index contributed by atoms with van der Waals surface area (Å²) in [5, 5.41) is 4.73. The quantitative estimate of drug-likeness (QED) is 0.876. The second kappa shape index (κ2) is 6.67. The van der Waals surface area contributed by atoms with E-state index in [2.05, 4.69) is 68.3 Å². The number of rotatable bonds is 5. The summed E-state index contributed by atoms with van der Waals surface area (Å²) in [6.07, 6.45) is 4.20. The van der Waals surface area contributed by atoms with Gasteiger partial charge in [0, 0.05) is 24.2 Å². The smallest absolute Gasteiger partial charge is 0.0707 e. The summed E-state index contributed by atoms with van der Waals surface area (Å²) in [7, 11) is 0. The fourth-order valence-corrected chi connectivity index (χ4v) is 2.19. The molecule has 0 bridgehead atoms. The van der Waals surface area contributed by atoms with Crippen LogP contribution in [0.3, 0.4) is 0 Å². The van der Waals surface area contributed by atoms with Gasteiger partial charge in [-0.3, -0.25) is 4.98 Å². The highest BCUT2D eigenvalue weighted by molar-refractivity contribution is 5.87. The first kappa shape index (κ1) is 14.7. The maximum Gasteiger partial charge on any atom is 0.0707 e. The van der Waals surface area contributed by atoms with Crippen molar-refractivity contribution in [3.05, 3.63) is 47.7 Å². The summed E-state index contributed by atoms with van der Waals surface area (Å²) in [5.41, 5.74) is 3.74. The molecule has 0 saturated carbocycles. The van der Waals surface area contributed by atoms with Gasteiger partial charge >= 0.3 is 0 Å². The Balaban J connectivity index is 2.38. The number of fused-ring (bicyclic) bond motifs is 1. The third-order valence-corrected chi connectivity index (χ3v) is 3.48. The van der Waals surface area contributed by atoms with E-state index in [1.807, 2.05) is 12.3 Å². The molecule has 2 heteroatoms. The third-order valence-electron chi connectivity index (χ3n) is 3.48. The van der Waals surface area contributed by atoms with Crippen LogP contribution in [0, 0.1) is 5.92 Å². The molecule has 0 aliphatic carbocycles. The van der Waals surface area contributed by atoms with Gasteiger partial charge in [0.2, 0.25) is 0 Å². The second-order valence-electron chi connectivity index (χ2n) is 5.83. The van der Waals surface area contributed by atoms with Gasteiger partial charge in [0.15, 0.2) is 0 Å². The lowest BCUT2D eigenvalue weighted by Gasteiger charge is -2.15. The van der Waals surface area contributed by atoms with E-state index in [4.69, 9.17) is 0 Å². The van der Waals surface area contributed by atoms with Crippen molar-refractivity contribution in [1.29, 1.82) is 0 Å². The minimum Gasteiger partial charge on any atom is -0.311 e. The van der Waals surface area contributed by atoms with Crippen molar-refractivity contribution < 1.29 is 0 Å². The van der Waals surface area contributed by atoms with E-state index in [1.165, 1.54) is 16.5 Å². The van der Waals surface area contributed by atoms with Crippen molar-refractivity contribution in [1.82, 2.24) is 10.3 Å². The molecule has 0 amide bonds. The average molecular weight is 268 g/mol. The lowest BCUT2D eigenvalue weighted by atomic mass is 9.98. The van der Waals surface area contributed by atoms with Crippen LogP contribution in [0.5, 0.6) is 0 Å². The van der Waals surface area contributed by atoms with E-state index in [1.54, 1.807) is 0 Å². The van der Waals surface area contributed by atoms with Crippen molar-refractivity contribution in [3.8, 4) is 0 Å². The van der Waals surface area contributed by atoms with E-state index >= 15 is 0 Å². The Morgan fingerprint density at radius 1 is 1.15 bits per heavy atom. The van der Waals surface area contributed by atoms with Crippen LogP contribution in [0.1, 0.15) is 33.3 Å². The van der Waals surface area contributed by atoms with Crippen molar-refractivity contribution in [2.24, 2.45) is 5.92 Å². The first-order valence-corrected chi connectivity index (χ1v) is 7.35. The highest BCUT2D eigenvalue weighted by atomic mass is 14.9. The maximum atomic E-state index is 4.42. The molecule has 1 aromatic carbocycles. The molecule has 1 aromatic heterocycles. The van der Waals surface area contributed by atoms with Crippen molar-refractivity contribution in [2.75, 3.05) is 6.54 Å². The number of nitrogens with one attached hydrogen (secondary N) is 1. The van der Waals surface area contributed by atoms with Gasteiger partial charge in [-0.15, -0.1) is 0 Å². The first-order chi connectivity index (χ1) is 9.58. The Hall–Kier alpha value is -1.67. The van der Waals surface area contributed by atoms with Gasteiger partial charge < -0.3 is 5.32 Å². The number of pyridine rings is 1. The zero-order valence-corrected chi connectivity index (χ0v) is 12.9. The molecule has 2 nitrogen and oxygen atoms in total. The summed E-state index contributed by atoms with van der Waals surface area (Å²) in [6.45, 7) is 9.79. The standard InChI is InChI=1S/C18H24N2/c1-13(2)16(12-20-14(3)4)11-15-9-10-19-18-8-6-5-7-17(15)18/h5-11,13-14,20H,12H2,1-4H3. The summed E-state index contributed by atoms with van der Waals surface area (Å²) in [5.74, 6) is 0.535. The topological polar surface area (TPSA) is 24.9 Å². The molecule has 0 aliphatic heterocycles. The highest BCUT2D eigenvalue weighted by Gasteiger charge is 2.06. The predicted octanol–water partition coefficient (Wildman–Crippen LogP) is 4.27. The van der Waals surface area contributed by atoms with Crippen LogP contribution >= 0.6 is 0 Å². The molecule has 0 unspecified atom stereocenters. The van der Waals surface area contributed by atoms with Crippen LogP contribution in [0.25, 0.3) is 17.0 Å². The Labute approximate surface area is 121 Å². The molecule has 2 aromatic rings. The fourth-order valence-electron chi connectivity index (χ4n) is 2.19. The Morgan fingerprint density at radius 2 is 1.90 bits per heavy atom. The molecule has 0 atom stereocenters. The molecule has 0 spiro atoms. The van der Waals surface area contributed by atoms with Gasteiger partial charge in [-0.25, -0.2) is 0 Å². The minimum absolute atomic E-state index is 0.506. The zero-order chi connectivity index (χ0) is 14.5. The molecule has 1 N–H and O–H groups in total. The van der Waals surface area contributed by atoms with E-state index in [9.17, 15) is 0 Å². The predicted molar refractivity (Wildman–Crippen MR) is 87.7 cm³/mol. The van der Waals surface area contributed by atoms with Crippen molar-refractivity contribution >= 4 is 17.0 Å². The van der Waals surface area contributed by atoms with Gasteiger partial charge in [0.25, 0.3) is 0 Å². The Bertz CT molecular complexity index is 592. The van der Waals surface area contributed by atoms with Crippen LogP contribution in [-0.4, -0.2) is 17.6 Å². The number of hydrogen-bond acceptors (Lipinski definition) is 2. The highest BCUT2D eigenvalue weighted by Crippen LogP contribution is 2.21. The molecule has 0 fully saturated rings. The van der Waals surface area contributed by atoms with E-state index < -0.39 is 0 Å². The number of nitrogens with zero attached hydrogens (tertiary/aromatic N) is 1. The molecule has 0 aliphatic rings. The molecule has 106 valence electrons. The molecular formula is C18H24N2. The van der Waals surface area contributed by atoms with Crippen LogP contribution in [0.15, 0.2) is 42.1 Å². The monoisotopic (exact) mass is 268 g/mol. The maximum absolute atomic E-state index is 4.42. The normalized spacial score (nSPS) is 12.6. The van der Waals surface area contributed by atoms with Gasteiger partial charge in [-0.2, -0.15) is 0 Å². The van der Waals surface area contributed by atoms with Gasteiger partial charge in [0.1, 0.15) is 0 Å². The number of hydrogen-bond donors (Lipinski definition) is 1. The van der Waals surface area contributed by atoms with Crippen LogP contribution in [0.4, 0.5) is 0 Å². The van der Waals surface area contributed by atoms with E-state index in [0.29, 0.717) is 12.0 Å². The molecule has 1 heterocycles. The van der Waals surface area contributed by atoms with Crippen molar-refractivity contribution in [3.63, 3.8) is 0 Å². The van der Waals surface area contributed by atoms with Gasteiger partial charge in [-0.1, -0.05) is 57.5 Å². The molecule has 0 radical (unpaired) electrons. The SMILES string of the molecule is CC(C)NCC(=Cc1ccnc2ccccc12)C(C)C. The lowest BCUT2D eigenvalue weighted by Crippen LogP contribution is -2.26. The number of para-hydroxylation sites is 1. The second-order valence-corrected chi connectivity index (χ2v) is 5.83. The van der Waals surface area contributed by atoms with Crippen LogP contribution in [-0.2, 0) is 0 Å². The molecule has 2 rings (SSSR count). The van der Waals surface area contributed by atoms with Crippen molar-refractivity contribution in [2.45, 2.75) is 33.7 Å². The van der Waals surface area contributed by atoms with E-state index in [0.717, 1.165) is 12.1 Å². The largest absolute Gasteiger partial charge is 0.311 e. The zero-order valence-electron chi connectivity index (χ0n) is 12.9. The first-order valence-electron chi connectivity index (χ1n) is 7.35. The Kier molecular flexibility index (Phi) is 4.91. The number of aromatic nitrogens is 1. The fraction of sp³-hybridized carbons (Fsp3) is 0.389. The van der Waals surface area contributed by atoms with Crippen LogP contribution in [0.2, 0.25) is 0 Å².